The molecule has 0 bridgehead atoms. The van der Waals surface area contributed by atoms with E-state index < -0.39 is 0 Å². The van der Waals surface area contributed by atoms with Gasteiger partial charge in [-0.05, 0) is 103 Å². The van der Waals surface area contributed by atoms with Crippen LogP contribution in [-0.2, 0) is 5.41 Å². The van der Waals surface area contributed by atoms with Crippen molar-refractivity contribution in [3.05, 3.63) is 211 Å². The molecular formula is C55H39NS. The molecule has 0 saturated heterocycles. The highest BCUT2D eigenvalue weighted by molar-refractivity contribution is 7.26. The monoisotopic (exact) mass is 745 g/mol. The standard InChI is InChI=1S/C55H39NS/c1-55(2)48-22-11-9-18-45(48)50-47-21-13-20-44(51(47)54-52(53(50)55)46-19-10-12-23-49(46)57-54)40-28-34-43(35-29-40)56(41-30-24-38(25-31-41)36-14-5-3-6-15-36)42-32-26-39(27-33-42)37-16-7-4-8-17-37/h3-35H,1-2H3. The molecule has 0 fully saturated rings. The van der Waals surface area contributed by atoms with Crippen LogP contribution >= 0.6 is 11.3 Å². The quantitative estimate of drug-likeness (QED) is 0.164. The first-order valence-electron chi connectivity index (χ1n) is 19.8. The molecule has 0 N–H and O–H groups in total. The van der Waals surface area contributed by atoms with Crippen LogP contribution in [0, 0.1) is 0 Å². The Kier molecular flexibility index (Phi) is 7.77. The molecule has 0 saturated carbocycles. The molecule has 270 valence electrons. The second-order valence-corrected chi connectivity index (χ2v) is 16.7. The fourth-order valence-corrected chi connectivity index (χ4v) is 10.6. The summed E-state index contributed by atoms with van der Waals surface area (Å²) >= 11 is 1.94. The van der Waals surface area contributed by atoms with Crippen molar-refractivity contribution >= 4 is 59.3 Å². The van der Waals surface area contributed by atoms with Crippen LogP contribution in [0.4, 0.5) is 17.1 Å². The summed E-state index contributed by atoms with van der Waals surface area (Å²) in [6.45, 7) is 4.82. The number of thiophene rings is 1. The average molecular weight is 746 g/mol. The molecule has 0 spiro atoms. The molecule has 0 radical (unpaired) electrons. The summed E-state index contributed by atoms with van der Waals surface area (Å²) in [7, 11) is 0. The van der Waals surface area contributed by atoms with Gasteiger partial charge in [0.15, 0.2) is 0 Å². The normalized spacial score (nSPS) is 12.9. The van der Waals surface area contributed by atoms with Gasteiger partial charge >= 0.3 is 0 Å². The Hall–Kier alpha value is -6.74. The minimum Gasteiger partial charge on any atom is -0.311 e. The van der Waals surface area contributed by atoms with Gasteiger partial charge in [-0.25, -0.2) is 0 Å². The molecular weight excluding hydrogens is 707 g/mol. The van der Waals surface area contributed by atoms with Gasteiger partial charge in [0, 0.05) is 48.0 Å². The molecule has 0 unspecified atom stereocenters. The van der Waals surface area contributed by atoms with Gasteiger partial charge in [0.1, 0.15) is 0 Å². The molecule has 1 heterocycles. The molecule has 1 aromatic heterocycles. The lowest BCUT2D eigenvalue weighted by molar-refractivity contribution is 0.667. The van der Waals surface area contributed by atoms with E-state index in [-0.39, 0.29) is 5.41 Å². The molecule has 1 aliphatic carbocycles. The van der Waals surface area contributed by atoms with Gasteiger partial charge in [0.25, 0.3) is 0 Å². The molecule has 11 rings (SSSR count). The molecule has 9 aromatic carbocycles. The summed E-state index contributed by atoms with van der Waals surface area (Å²) in [6.07, 6.45) is 0. The van der Waals surface area contributed by atoms with Gasteiger partial charge in [0.05, 0.1) is 0 Å². The fraction of sp³-hybridized carbons (Fsp3) is 0.0545. The zero-order valence-corrected chi connectivity index (χ0v) is 32.7. The number of hydrogen-bond donors (Lipinski definition) is 0. The number of fused-ring (bicyclic) bond motifs is 10. The highest BCUT2D eigenvalue weighted by Gasteiger charge is 2.39. The molecule has 1 nitrogen and oxygen atoms in total. The number of nitrogens with zero attached hydrogens (tertiary/aromatic N) is 1. The predicted molar refractivity (Wildman–Crippen MR) is 245 cm³/mol. The molecule has 10 aromatic rings. The zero-order chi connectivity index (χ0) is 38.1. The largest absolute Gasteiger partial charge is 0.311 e. The van der Waals surface area contributed by atoms with Crippen LogP contribution in [0.5, 0.6) is 0 Å². The summed E-state index contributed by atoms with van der Waals surface area (Å²) in [5.74, 6) is 0. The van der Waals surface area contributed by atoms with Crippen LogP contribution in [0.3, 0.4) is 0 Å². The van der Waals surface area contributed by atoms with Crippen LogP contribution < -0.4 is 4.90 Å². The molecule has 1 aliphatic rings. The topological polar surface area (TPSA) is 3.24 Å². The number of benzene rings is 9. The second-order valence-electron chi connectivity index (χ2n) is 15.7. The highest BCUT2D eigenvalue weighted by atomic mass is 32.1. The van der Waals surface area contributed by atoms with Crippen molar-refractivity contribution in [2.24, 2.45) is 0 Å². The van der Waals surface area contributed by atoms with Crippen LogP contribution in [0.2, 0.25) is 0 Å². The van der Waals surface area contributed by atoms with Crippen LogP contribution in [-0.4, -0.2) is 0 Å². The van der Waals surface area contributed by atoms with Crippen molar-refractivity contribution in [2.75, 3.05) is 4.90 Å². The van der Waals surface area contributed by atoms with Crippen LogP contribution in [0.15, 0.2) is 200 Å². The minimum absolute atomic E-state index is 0.109. The van der Waals surface area contributed by atoms with Crippen molar-refractivity contribution in [3.8, 4) is 44.5 Å². The Morgan fingerprint density at radius 3 is 1.47 bits per heavy atom. The smallest absolute Gasteiger partial charge is 0.0462 e. The van der Waals surface area contributed by atoms with E-state index in [1.54, 1.807) is 0 Å². The van der Waals surface area contributed by atoms with Crippen molar-refractivity contribution < 1.29 is 0 Å². The first-order chi connectivity index (χ1) is 28.0. The van der Waals surface area contributed by atoms with Gasteiger partial charge in [-0.15, -0.1) is 11.3 Å². The third kappa shape index (κ3) is 5.36. The Balaban J connectivity index is 1.07. The Morgan fingerprint density at radius 2 is 0.860 bits per heavy atom. The van der Waals surface area contributed by atoms with E-state index in [9.17, 15) is 0 Å². The van der Waals surface area contributed by atoms with Crippen molar-refractivity contribution in [1.82, 2.24) is 0 Å². The first kappa shape index (κ1) is 33.6. The first-order valence-corrected chi connectivity index (χ1v) is 20.6. The van der Waals surface area contributed by atoms with Crippen LogP contribution in [0.25, 0.3) is 75.5 Å². The molecule has 57 heavy (non-hydrogen) atoms. The maximum atomic E-state index is 2.41. The van der Waals surface area contributed by atoms with Crippen molar-refractivity contribution in [1.29, 1.82) is 0 Å². The van der Waals surface area contributed by atoms with E-state index in [0.29, 0.717) is 0 Å². The van der Waals surface area contributed by atoms with Gasteiger partial charge < -0.3 is 4.90 Å². The van der Waals surface area contributed by atoms with Gasteiger partial charge in [0.2, 0.25) is 0 Å². The zero-order valence-electron chi connectivity index (χ0n) is 31.9. The molecule has 2 heteroatoms. The van der Waals surface area contributed by atoms with E-state index in [0.717, 1.165) is 17.1 Å². The SMILES string of the molecule is CC1(C)c2ccccc2-c2c1c1c3ccccc3sc1c1c(-c3ccc(N(c4ccc(-c5ccccc5)cc4)c4ccc(-c5ccccc5)cc4)cc3)cccc21. The Bertz CT molecular complexity index is 3020. The Morgan fingerprint density at radius 1 is 0.386 bits per heavy atom. The predicted octanol–water partition coefficient (Wildman–Crippen LogP) is 16.0. The summed E-state index contributed by atoms with van der Waals surface area (Å²) in [5, 5.41) is 5.45. The van der Waals surface area contributed by atoms with E-state index in [2.05, 4.69) is 219 Å². The van der Waals surface area contributed by atoms with Gasteiger partial charge in [-0.3, -0.25) is 0 Å². The lowest BCUT2D eigenvalue weighted by atomic mass is 9.79. The third-order valence-electron chi connectivity index (χ3n) is 12.1. The molecule has 0 aliphatic heterocycles. The highest BCUT2D eigenvalue weighted by Crippen LogP contribution is 2.58. The average Bonchev–Trinajstić information content (AvgIpc) is 3.77. The van der Waals surface area contributed by atoms with Crippen molar-refractivity contribution in [3.63, 3.8) is 0 Å². The summed E-state index contributed by atoms with van der Waals surface area (Å²) in [4.78, 5) is 2.37. The maximum Gasteiger partial charge on any atom is 0.0462 e. The minimum atomic E-state index is -0.109. The summed E-state index contributed by atoms with van der Waals surface area (Å²) in [5.41, 5.74) is 16.2. The van der Waals surface area contributed by atoms with Crippen molar-refractivity contribution in [2.45, 2.75) is 19.3 Å². The van der Waals surface area contributed by atoms with E-state index in [1.165, 1.54) is 86.6 Å². The van der Waals surface area contributed by atoms with Crippen LogP contribution in [0.1, 0.15) is 25.0 Å². The number of rotatable bonds is 6. The van der Waals surface area contributed by atoms with Gasteiger partial charge in [-0.1, -0.05) is 172 Å². The molecule has 0 amide bonds. The summed E-state index contributed by atoms with van der Waals surface area (Å²) < 4.78 is 2.72. The van der Waals surface area contributed by atoms with E-state index in [1.807, 2.05) is 11.3 Å². The second kappa shape index (κ2) is 13.2. The Labute approximate surface area is 337 Å². The number of hydrogen-bond acceptors (Lipinski definition) is 2. The lowest BCUT2D eigenvalue weighted by Gasteiger charge is -2.26. The summed E-state index contributed by atoms with van der Waals surface area (Å²) in [6, 6.07) is 73.3. The third-order valence-corrected chi connectivity index (χ3v) is 13.2. The maximum absolute atomic E-state index is 2.41. The molecule has 0 atom stereocenters. The number of anilines is 3. The fourth-order valence-electron chi connectivity index (χ4n) is 9.37. The van der Waals surface area contributed by atoms with E-state index >= 15 is 0 Å². The van der Waals surface area contributed by atoms with Gasteiger partial charge in [-0.2, -0.15) is 0 Å². The lowest BCUT2D eigenvalue weighted by Crippen LogP contribution is -2.15. The van der Waals surface area contributed by atoms with E-state index in [4.69, 9.17) is 0 Å².